The molecule has 0 aliphatic carbocycles. The van der Waals surface area contributed by atoms with E-state index in [0.717, 1.165) is 0 Å². The Labute approximate surface area is 129 Å². The summed E-state index contributed by atoms with van der Waals surface area (Å²) < 4.78 is 0. The summed E-state index contributed by atoms with van der Waals surface area (Å²) in [5.41, 5.74) is -0.520. The topological polar surface area (TPSA) is 85.1 Å². The zero-order valence-electron chi connectivity index (χ0n) is 12.6. The third kappa shape index (κ3) is 4.39. The van der Waals surface area contributed by atoms with Crippen LogP contribution in [0.4, 0.5) is 5.69 Å². The molecule has 0 aliphatic heterocycles. The normalized spacial score (nSPS) is 11.2. The second-order valence-electron chi connectivity index (χ2n) is 5.62. The Hall–Kier alpha value is -1.69. The fraction of sp³-hybridized carbons (Fsp3) is 0.571. The minimum absolute atomic E-state index is 0.0636. The molecule has 0 unspecified atom stereocenters. The van der Waals surface area contributed by atoms with Crippen molar-refractivity contribution in [2.24, 2.45) is 17.8 Å². The van der Waals surface area contributed by atoms with Gasteiger partial charge in [0.15, 0.2) is 0 Å². The number of carbonyl (C=O) groups is 1. The van der Waals surface area contributed by atoms with Crippen LogP contribution in [0.5, 0.6) is 0 Å². The number of halogens is 1. The van der Waals surface area contributed by atoms with E-state index < -0.39 is 16.5 Å². The van der Waals surface area contributed by atoms with Crippen LogP contribution in [0.25, 0.3) is 0 Å². The molecule has 1 aromatic rings. The van der Waals surface area contributed by atoms with Gasteiger partial charge in [-0.3, -0.25) is 14.9 Å². The number of nitrogens with zero attached hydrogens (tertiary/aromatic N) is 2. The van der Waals surface area contributed by atoms with E-state index in [2.05, 4.69) is 38.0 Å². The molecule has 1 amide bonds. The summed E-state index contributed by atoms with van der Waals surface area (Å²) in [6.45, 7) is 8.81. The largest absolute Gasteiger partial charge is 0.352 e. The van der Waals surface area contributed by atoms with E-state index in [1.54, 1.807) is 0 Å². The number of pyridine rings is 1. The third-order valence-corrected chi connectivity index (χ3v) is 3.79. The number of nitro groups is 1. The first-order valence-electron chi connectivity index (χ1n) is 6.82. The Morgan fingerprint density at radius 2 is 1.95 bits per heavy atom. The van der Waals surface area contributed by atoms with E-state index >= 15 is 0 Å². The minimum Gasteiger partial charge on any atom is -0.352 e. The molecule has 1 heterocycles. The molecule has 0 atom stereocenters. The Bertz CT molecular complexity index is 524. The van der Waals surface area contributed by atoms with Crippen LogP contribution in [-0.2, 0) is 0 Å². The predicted molar refractivity (Wildman–Crippen MR) is 81.4 cm³/mol. The first kappa shape index (κ1) is 17.4. The van der Waals surface area contributed by atoms with Gasteiger partial charge in [-0.2, -0.15) is 0 Å². The quantitative estimate of drug-likeness (QED) is 0.496. The lowest BCUT2D eigenvalue weighted by Gasteiger charge is -2.25. The van der Waals surface area contributed by atoms with E-state index in [4.69, 9.17) is 11.6 Å². The molecule has 0 saturated carbocycles. The highest BCUT2D eigenvalue weighted by atomic mass is 35.5. The SMILES string of the molecule is CC(C)C(CNC(=O)c1ccnc(Cl)c1[N+](=O)[O-])C(C)C. The maximum atomic E-state index is 12.2. The first-order chi connectivity index (χ1) is 9.75. The summed E-state index contributed by atoms with van der Waals surface area (Å²) in [5.74, 6) is 0.602. The van der Waals surface area contributed by atoms with Crippen molar-refractivity contribution in [2.45, 2.75) is 27.7 Å². The lowest BCUT2D eigenvalue weighted by atomic mass is 9.85. The number of carbonyl (C=O) groups excluding carboxylic acids is 1. The first-order valence-corrected chi connectivity index (χ1v) is 7.20. The van der Waals surface area contributed by atoms with Gasteiger partial charge in [-0.1, -0.05) is 39.3 Å². The van der Waals surface area contributed by atoms with Gasteiger partial charge in [0, 0.05) is 12.7 Å². The van der Waals surface area contributed by atoms with E-state index in [0.29, 0.717) is 24.3 Å². The summed E-state index contributed by atoms with van der Waals surface area (Å²) in [5, 5.41) is 13.5. The number of hydrogen-bond donors (Lipinski definition) is 1. The molecular weight excluding hydrogens is 294 g/mol. The smallest absolute Gasteiger partial charge is 0.319 e. The fourth-order valence-electron chi connectivity index (χ4n) is 2.33. The molecule has 21 heavy (non-hydrogen) atoms. The molecule has 0 saturated heterocycles. The van der Waals surface area contributed by atoms with Crippen LogP contribution in [0.1, 0.15) is 38.1 Å². The Morgan fingerprint density at radius 3 is 2.43 bits per heavy atom. The Morgan fingerprint density at radius 1 is 1.38 bits per heavy atom. The lowest BCUT2D eigenvalue weighted by molar-refractivity contribution is -0.385. The summed E-state index contributed by atoms with van der Waals surface area (Å²) in [7, 11) is 0. The van der Waals surface area contributed by atoms with Crippen molar-refractivity contribution < 1.29 is 9.72 Å². The van der Waals surface area contributed by atoms with Crippen LogP contribution >= 0.6 is 11.6 Å². The highest BCUT2D eigenvalue weighted by Crippen LogP contribution is 2.26. The molecule has 1 N–H and O–H groups in total. The fourth-order valence-corrected chi connectivity index (χ4v) is 2.56. The second kappa shape index (κ2) is 7.36. The minimum atomic E-state index is -0.688. The number of nitrogens with one attached hydrogen (secondary N) is 1. The van der Waals surface area contributed by atoms with Crippen molar-refractivity contribution in [2.75, 3.05) is 6.54 Å². The van der Waals surface area contributed by atoms with Crippen molar-refractivity contribution in [3.8, 4) is 0 Å². The molecule has 0 radical (unpaired) electrons. The molecule has 7 heteroatoms. The molecule has 0 spiro atoms. The van der Waals surface area contributed by atoms with E-state index in [9.17, 15) is 14.9 Å². The second-order valence-corrected chi connectivity index (χ2v) is 5.97. The van der Waals surface area contributed by atoms with Gasteiger partial charge < -0.3 is 5.32 Å². The van der Waals surface area contributed by atoms with Gasteiger partial charge in [0.2, 0.25) is 5.15 Å². The molecule has 1 aromatic heterocycles. The average molecular weight is 314 g/mol. The van der Waals surface area contributed by atoms with Crippen molar-refractivity contribution in [3.63, 3.8) is 0 Å². The van der Waals surface area contributed by atoms with E-state index in [1.165, 1.54) is 12.3 Å². The lowest BCUT2D eigenvalue weighted by Crippen LogP contribution is -2.34. The maximum absolute atomic E-state index is 12.2. The summed E-state index contributed by atoms with van der Waals surface area (Å²) in [4.78, 5) is 26.1. The number of rotatable bonds is 6. The highest BCUT2D eigenvalue weighted by molar-refractivity contribution is 6.32. The predicted octanol–water partition coefficient (Wildman–Crippen LogP) is 3.30. The van der Waals surface area contributed by atoms with Crippen LogP contribution < -0.4 is 5.32 Å². The van der Waals surface area contributed by atoms with Gasteiger partial charge in [-0.15, -0.1) is 0 Å². The van der Waals surface area contributed by atoms with Gasteiger partial charge in [0.1, 0.15) is 5.56 Å². The van der Waals surface area contributed by atoms with Crippen LogP contribution in [0.3, 0.4) is 0 Å². The zero-order valence-corrected chi connectivity index (χ0v) is 13.3. The Balaban J connectivity index is 2.91. The Kier molecular flexibility index (Phi) is 6.08. The summed E-state index contributed by atoms with van der Waals surface area (Å²) in [6, 6.07) is 1.30. The van der Waals surface area contributed by atoms with E-state index in [1.807, 2.05) is 0 Å². The molecule has 0 aromatic carbocycles. The van der Waals surface area contributed by atoms with Crippen LogP contribution in [0, 0.1) is 27.9 Å². The van der Waals surface area contributed by atoms with Gasteiger partial charge in [0.25, 0.3) is 5.91 Å². The number of aromatic nitrogens is 1. The molecule has 0 fully saturated rings. The van der Waals surface area contributed by atoms with Gasteiger partial charge in [0.05, 0.1) is 4.92 Å². The van der Waals surface area contributed by atoms with Gasteiger partial charge >= 0.3 is 5.69 Å². The number of amides is 1. The molecule has 1 rings (SSSR count). The molecular formula is C14H20ClN3O3. The van der Waals surface area contributed by atoms with Gasteiger partial charge in [-0.05, 0) is 23.8 Å². The maximum Gasteiger partial charge on any atom is 0.319 e. The average Bonchev–Trinajstić information content (AvgIpc) is 2.36. The molecule has 6 nitrogen and oxygen atoms in total. The summed E-state index contributed by atoms with van der Waals surface area (Å²) >= 11 is 5.70. The monoisotopic (exact) mass is 313 g/mol. The van der Waals surface area contributed by atoms with Crippen LogP contribution in [0.15, 0.2) is 12.3 Å². The van der Waals surface area contributed by atoms with Crippen molar-refractivity contribution in [1.82, 2.24) is 10.3 Å². The van der Waals surface area contributed by atoms with Crippen molar-refractivity contribution in [3.05, 3.63) is 33.1 Å². The highest BCUT2D eigenvalue weighted by Gasteiger charge is 2.26. The van der Waals surface area contributed by atoms with Crippen LogP contribution in [-0.4, -0.2) is 22.4 Å². The molecule has 0 aliphatic rings. The van der Waals surface area contributed by atoms with Crippen LogP contribution in [0.2, 0.25) is 5.15 Å². The summed E-state index contributed by atoms with van der Waals surface area (Å²) in [6.07, 6.45) is 1.28. The van der Waals surface area contributed by atoms with E-state index in [-0.39, 0.29) is 10.7 Å². The zero-order chi connectivity index (χ0) is 16.2. The standard InChI is InChI=1S/C14H20ClN3O3/c1-8(2)11(9(3)4)7-17-14(19)10-5-6-16-13(15)12(10)18(20)21/h5-6,8-9,11H,7H2,1-4H3,(H,17,19). The van der Waals surface area contributed by atoms with Gasteiger partial charge in [-0.25, -0.2) is 4.98 Å². The molecule has 116 valence electrons. The number of hydrogen-bond acceptors (Lipinski definition) is 4. The van der Waals surface area contributed by atoms with Crippen molar-refractivity contribution in [1.29, 1.82) is 0 Å². The third-order valence-electron chi connectivity index (χ3n) is 3.52. The van der Waals surface area contributed by atoms with Crippen molar-refractivity contribution >= 4 is 23.2 Å². The molecule has 0 bridgehead atoms.